The molecule has 4 heterocycles. The van der Waals surface area contributed by atoms with E-state index in [1.54, 1.807) is 35.6 Å². The van der Waals surface area contributed by atoms with Crippen LogP contribution in [-0.4, -0.2) is 41.7 Å². The lowest BCUT2D eigenvalue weighted by molar-refractivity contribution is -0.140. The van der Waals surface area contributed by atoms with Crippen LogP contribution in [0.2, 0.25) is 5.15 Å². The van der Waals surface area contributed by atoms with Crippen LogP contribution in [0.3, 0.4) is 0 Å². The highest BCUT2D eigenvalue weighted by Crippen LogP contribution is 2.40. The van der Waals surface area contributed by atoms with Crippen molar-refractivity contribution >= 4 is 17.5 Å². The molecule has 0 N–H and O–H groups in total. The molecule has 11 heteroatoms. The summed E-state index contributed by atoms with van der Waals surface area (Å²) in [5.41, 5.74) is 2.65. The molecule has 0 spiro atoms. The van der Waals surface area contributed by atoms with E-state index in [0.717, 1.165) is 21.6 Å². The smallest absolute Gasteiger partial charge is 0.334 e. The Hall–Kier alpha value is -3.66. The highest BCUT2D eigenvalue weighted by Gasteiger charge is 2.39. The molecule has 1 aromatic carbocycles. The van der Waals surface area contributed by atoms with E-state index in [1.165, 1.54) is 13.2 Å². The molecule has 7 nitrogen and oxygen atoms in total. The highest BCUT2D eigenvalue weighted by molar-refractivity contribution is 6.30. The van der Waals surface area contributed by atoms with Gasteiger partial charge in [0.2, 0.25) is 0 Å². The van der Waals surface area contributed by atoms with Gasteiger partial charge in [-0.3, -0.25) is 9.48 Å². The molecule has 0 aliphatic carbocycles. The van der Waals surface area contributed by atoms with E-state index in [1.807, 2.05) is 24.5 Å². The molecule has 0 radical (unpaired) electrons. The van der Waals surface area contributed by atoms with Crippen molar-refractivity contribution in [3.63, 3.8) is 0 Å². The van der Waals surface area contributed by atoms with Gasteiger partial charge in [0.25, 0.3) is 5.91 Å². The number of hydrogen-bond donors (Lipinski definition) is 0. The number of imidazole rings is 1. The maximum Gasteiger partial charge on any atom is 0.435 e. The first-order valence-corrected chi connectivity index (χ1v) is 12.0. The van der Waals surface area contributed by atoms with Crippen LogP contribution in [0.5, 0.6) is 0 Å². The number of rotatable bonds is 5. The third-order valence-electron chi connectivity index (χ3n) is 6.53. The van der Waals surface area contributed by atoms with Crippen molar-refractivity contribution in [2.75, 3.05) is 6.54 Å². The average Bonchev–Trinajstić information content (AvgIpc) is 3.43. The molecule has 37 heavy (non-hydrogen) atoms. The standard InChI is InChI=1S/C26H24ClF3N6O/c1-15-8-18(24(27)32-11-15)13-36-6-4-19-20(22-14-34(3)33-23(22)26(28,29)30)9-17(10-21(19)25(36)37)12-35-7-5-31-16(35)2/h5,7-11,14H,4,6,12-13H2,1-3H3. The van der Waals surface area contributed by atoms with Gasteiger partial charge in [-0.2, -0.15) is 18.3 Å². The van der Waals surface area contributed by atoms with Gasteiger partial charge in [-0.05, 0) is 60.7 Å². The molecule has 1 aliphatic heterocycles. The van der Waals surface area contributed by atoms with E-state index in [0.29, 0.717) is 46.9 Å². The number of halogens is 4. The van der Waals surface area contributed by atoms with E-state index in [9.17, 15) is 18.0 Å². The Morgan fingerprint density at radius 2 is 1.81 bits per heavy atom. The molecular weight excluding hydrogens is 505 g/mol. The lowest BCUT2D eigenvalue weighted by Gasteiger charge is -2.31. The van der Waals surface area contributed by atoms with Crippen LogP contribution < -0.4 is 0 Å². The van der Waals surface area contributed by atoms with Gasteiger partial charge in [0.1, 0.15) is 11.0 Å². The molecule has 5 rings (SSSR count). The van der Waals surface area contributed by atoms with Crippen molar-refractivity contribution in [1.29, 1.82) is 0 Å². The molecule has 0 atom stereocenters. The summed E-state index contributed by atoms with van der Waals surface area (Å²) in [5, 5.41) is 4.01. The van der Waals surface area contributed by atoms with Gasteiger partial charge in [-0.25, -0.2) is 9.97 Å². The number of fused-ring (bicyclic) bond motifs is 1. The number of alkyl halides is 3. The number of pyridine rings is 1. The molecule has 1 amide bonds. The Balaban J connectivity index is 1.62. The Morgan fingerprint density at radius 1 is 1.05 bits per heavy atom. The van der Waals surface area contributed by atoms with Crippen LogP contribution in [0.1, 0.15) is 44.1 Å². The number of carbonyl (C=O) groups excluding carboxylic acids is 1. The molecule has 4 aromatic rings. The fourth-order valence-electron chi connectivity index (χ4n) is 4.79. The number of amides is 1. The zero-order valence-corrected chi connectivity index (χ0v) is 21.2. The number of nitrogens with zero attached hydrogens (tertiary/aromatic N) is 6. The zero-order chi connectivity index (χ0) is 26.5. The summed E-state index contributed by atoms with van der Waals surface area (Å²) in [7, 11) is 1.45. The minimum absolute atomic E-state index is 0.0392. The second-order valence-corrected chi connectivity index (χ2v) is 9.63. The van der Waals surface area contributed by atoms with Crippen molar-refractivity contribution in [3.05, 3.63) is 87.5 Å². The number of hydrogen-bond acceptors (Lipinski definition) is 4. The summed E-state index contributed by atoms with van der Waals surface area (Å²) in [6, 6.07) is 5.38. The Bertz CT molecular complexity index is 1510. The normalized spacial score (nSPS) is 13.8. The first kappa shape index (κ1) is 25.0. The maximum atomic E-state index is 13.9. The largest absolute Gasteiger partial charge is 0.435 e. The third kappa shape index (κ3) is 4.85. The quantitative estimate of drug-likeness (QED) is 0.333. The van der Waals surface area contributed by atoms with Crippen LogP contribution >= 0.6 is 11.6 Å². The molecule has 0 saturated heterocycles. The number of benzene rings is 1. The minimum atomic E-state index is -4.64. The van der Waals surface area contributed by atoms with Crippen LogP contribution in [0.4, 0.5) is 13.2 Å². The summed E-state index contributed by atoms with van der Waals surface area (Å²) < 4.78 is 44.8. The maximum absolute atomic E-state index is 13.9. The molecular formula is C26H24ClF3N6O. The van der Waals surface area contributed by atoms with Crippen molar-refractivity contribution in [3.8, 4) is 11.1 Å². The third-order valence-corrected chi connectivity index (χ3v) is 6.87. The fraction of sp³-hybridized carbons (Fsp3) is 0.308. The molecule has 3 aromatic heterocycles. The highest BCUT2D eigenvalue weighted by atomic mass is 35.5. The fourth-order valence-corrected chi connectivity index (χ4v) is 4.95. The van der Waals surface area contributed by atoms with Crippen molar-refractivity contribution in [1.82, 2.24) is 29.2 Å². The predicted molar refractivity (Wildman–Crippen MR) is 132 cm³/mol. The Morgan fingerprint density at radius 3 is 2.51 bits per heavy atom. The lowest BCUT2D eigenvalue weighted by Crippen LogP contribution is -2.37. The van der Waals surface area contributed by atoms with Gasteiger partial charge < -0.3 is 9.47 Å². The van der Waals surface area contributed by atoms with Gasteiger partial charge in [0.05, 0.1) is 0 Å². The number of aryl methyl sites for hydroxylation is 3. The number of carbonyl (C=O) groups is 1. The minimum Gasteiger partial charge on any atom is -0.334 e. The van der Waals surface area contributed by atoms with E-state index in [-0.39, 0.29) is 18.0 Å². The number of aromatic nitrogens is 5. The molecule has 0 saturated carbocycles. The van der Waals surface area contributed by atoms with Gasteiger partial charge in [0.15, 0.2) is 5.69 Å². The summed E-state index contributed by atoms with van der Waals surface area (Å²) in [5.74, 6) is 0.493. The summed E-state index contributed by atoms with van der Waals surface area (Å²) in [6.07, 6.45) is 2.22. The van der Waals surface area contributed by atoms with Crippen LogP contribution in [0.25, 0.3) is 11.1 Å². The monoisotopic (exact) mass is 528 g/mol. The first-order chi connectivity index (χ1) is 17.5. The van der Waals surface area contributed by atoms with Gasteiger partial charge in [0, 0.05) is 68.2 Å². The van der Waals surface area contributed by atoms with Crippen LogP contribution in [0.15, 0.2) is 43.0 Å². The van der Waals surface area contributed by atoms with Crippen LogP contribution in [-0.2, 0) is 32.7 Å². The molecule has 0 unspecified atom stereocenters. The van der Waals surface area contributed by atoms with Gasteiger partial charge in [-0.1, -0.05) is 11.6 Å². The average molecular weight is 529 g/mol. The van der Waals surface area contributed by atoms with E-state index in [4.69, 9.17) is 11.6 Å². The van der Waals surface area contributed by atoms with E-state index in [2.05, 4.69) is 15.1 Å². The van der Waals surface area contributed by atoms with Gasteiger partial charge >= 0.3 is 6.18 Å². The van der Waals surface area contributed by atoms with Crippen LogP contribution in [0, 0.1) is 13.8 Å². The summed E-state index contributed by atoms with van der Waals surface area (Å²) >= 11 is 6.28. The molecule has 0 fully saturated rings. The molecule has 0 bridgehead atoms. The molecule has 1 aliphatic rings. The first-order valence-electron chi connectivity index (χ1n) is 11.7. The van der Waals surface area contributed by atoms with Crippen molar-refractivity contribution in [2.45, 2.75) is 39.5 Å². The van der Waals surface area contributed by atoms with Gasteiger partial charge in [-0.15, -0.1) is 0 Å². The lowest BCUT2D eigenvalue weighted by atomic mass is 9.88. The predicted octanol–water partition coefficient (Wildman–Crippen LogP) is 5.21. The van der Waals surface area contributed by atoms with E-state index >= 15 is 0 Å². The molecule has 192 valence electrons. The topological polar surface area (TPSA) is 68.8 Å². The Labute approximate surface area is 216 Å². The summed E-state index contributed by atoms with van der Waals surface area (Å²) in [6.45, 7) is 4.68. The van der Waals surface area contributed by atoms with Crippen molar-refractivity contribution < 1.29 is 18.0 Å². The van der Waals surface area contributed by atoms with Crippen molar-refractivity contribution in [2.24, 2.45) is 7.05 Å². The second kappa shape index (κ2) is 9.33. The van der Waals surface area contributed by atoms with E-state index < -0.39 is 11.9 Å². The Kier molecular flexibility index (Phi) is 6.31. The second-order valence-electron chi connectivity index (χ2n) is 9.27. The SMILES string of the molecule is Cc1cnc(Cl)c(CN2CCc3c(cc(Cn4ccnc4C)cc3-c3cn(C)nc3C(F)(F)F)C2=O)c1. The zero-order valence-electron chi connectivity index (χ0n) is 20.5. The summed E-state index contributed by atoms with van der Waals surface area (Å²) in [4.78, 5) is 23.8.